The second-order valence-electron chi connectivity index (χ2n) is 6.47. The van der Waals surface area contributed by atoms with Gasteiger partial charge in [-0.1, -0.05) is 45.0 Å². The number of hydrogen-bond donors (Lipinski definition) is 2. The molecule has 0 saturated carbocycles. The van der Waals surface area contributed by atoms with Crippen LogP contribution in [-0.4, -0.2) is 32.1 Å². The maximum atomic E-state index is 9.02. The zero-order valence-electron chi connectivity index (χ0n) is 12.6. The first-order valence-corrected chi connectivity index (χ1v) is 9.63. The summed E-state index contributed by atoms with van der Waals surface area (Å²) in [5.41, 5.74) is 1.68. The zero-order valence-corrected chi connectivity index (χ0v) is 13.6. The first-order chi connectivity index (χ1) is 8.63. The third-order valence-corrected chi connectivity index (χ3v) is 8.48. The Bertz CT molecular complexity index is 396. The van der Waals surface area contributed by atoms with Crippen LogP contribution in [0.15, 0.2) is 24.3 Å². The van der Waals surface area contributed by atoms with E-state index < -0.39 is 15.4 Å². The van der Waals surface area contributed by atoms with Gasteiger partial charge in [-0.3, -0.25) is 0 Å². The van der Waals surface area contributed by atoms with Crippen molar-refractivity contribution in [2.75, 3.05) is 6.61 Å². The van der Waals surface area contributed by atoms with Crippen molar-refractivity contribution in [3.05, 3.63) is 29.8 Å². The molecule has 0 amide bonds. The van der Waals surface area contributed by atoms with E-state index in [-0.39, 0.29) is 5.04 Å². The number of rotatable bonds is 5. The summed E-state index contributed by atoms with van der Waals surface area (Å²) in [7, 11) is -3.06. The third-order valence-electron chi connectivity index (χ3n) is 3.94. The molecule has 5 heteroatoms. The molecular formula is C14H25BO3Si. The molecule has 0 heterocycles. The normalized spacial score (nSPS) is 12.6. The minimum Gasteiger partial charge on any atom is -0.423 e. The topological polar surface area (TPSA) is 49.7 Å². The van der Waals surface area contributed by atoms with Crippen molar-refractivity contribution >= 4 is 20.9 Å². The molecule has 0 bridgehead atoms. The van der Waals surface area contributed by atoms with E-state index in [0.29, 0.717) is 5.46 Å². The van der Waals surface area contributed by atoms with Crippen LogP contribution in [0.4, 0.5) is 0 Å². The van der Waals surface area contributed by atoms with Crippen LogP contribution in [-0.2, 0) is 10.8 Å². The van der Waals surface area contributed by atoms with E-state index in [2.05, 4.69) is 33.9 Å². The summed E-state index contributed by atoms with van der Waals surface area (Å²) >= 11 is 0. The third kappa shape index (κ3) is 4.76. The smallest absolute Gasteiger partial charge is 0.423 e. The van der Waals surface area contributed by atoms with Gasteiger partial charge in [0.05, 0.1) is 0 Å². The van der Waals surface area contributed by atoms with Crippen molar-refractivity contribution in [2.24, 2.45) is 0 Å². The first-order valence-electron chi connectivity index (χ1n) is 6.72. The van der Waals surface area contributed by atoms with E-state index >= 15 is 0 Å². The minimum atomic E-state index is -1.67. The Morgan fingerprint density at radius 1 is 1.11 bits per heavy atom. The lowest BCUT2D eigenvalue weighted by atomic mass is 9.80. The second kappa shape index (κ2) is 6.22. The number of benzene rings is 1. The molecule has 0 aliphatic rings. The highest BCUT2D eigenvalue weighted by molar-refractivity contribution is 6.74. The maximum Gasteiger partial charge on any atom is 0.488 e. The van der Waals surface area contributed by atoms with Crippen molar-refractivity contribution in [2.45, 2.75) is 45.3 Å². The van der Waals surface area contributed by atoms with E-state index in [1.807, 2.05) is 12.1 Å². The Labute approximate surface area is 117 Å². The van der Waals surface area contributed by atoms with Gasteiger partial charge in [0.25, 0.3) is 0 Å². The van der Waals surface area contributed by atoms with E-state index in [1.54, 1.807) is 12.1 Å². The predicted octanol–water partition coefficient (Wildman–Crippen LogP) is 1.93. The van der Waals surface area contributed by atoms with Gasteiger partial charge in [0.1, 0.15) is 0 Å². The van der Waals surface area contributed by atoms with Crippen LogP contribution >= 0.6 is 0 Å². The summed E-state index contributed by atoms with van der Waals surface area (Å²) in [6, 6.07) is 7.33. The van der Waals surface area contributed by atoms with Gasteiger partial charge in [-0.25, -0.2) is 0 Å². The summed E-state index contributed by atoms with van der Waals surface area (Å²) < 4.78 is 6.12. The summed E-state index contributed by atoms with van der Waals surface area (Å²) in [5.74, 6) is 0. The lowest BCUT2D eigenvalue weighted by Gasteiger charge is -2.36. The highest BCUT2D eigenvalue weighted by Crippen LogP contribution is 2.36. The molecule has 0 fully saturated rings. The van der Waals surface area contributed by atoms with Crippen LogP contribution in [0.25, 0.3) is 0 Å². The number of hydrogen-bond acceptors (Lipinski definition) is 3. The maximum absolute atomic E-state index is 9.02. The van der Waals surface area contributed by atoms with Gasteiger partial charge in [0.15, 0.2) is 8.32 Å². The van der Waals surface area contributed by atoms with Crippen LogP contribution in [0.2, 0.25) is 18.1 Å². The van der Waals surface area contributed by atoms with E-state index in [1.165, 1.54) is 0 Å². The van der Waals surface area contributed by atoms with Crippen molar-refractivity contribution in [3.8, 4) is 0 Å². The lowest BCUT2D eigenvalue weighted by Crippen LogP contribution is -2.41. The van der Waals surface area contributed by atoms with Gasteiger partial charge < -0.3 is 14.5 Å². The van der Waals surface area contributed by atoms with Gasteiger partial charge in [-0.15, -0.1) is 0 Å². The summed E-state index contributed by atoms with van der Waals surface area (Å²) in [6.07, 6.45) is 0.855. The molecule has 0 unspecified atom stereocenters. The highest BCUT2D eigenvalue weighted by atomic mass is 28.4. The molecule has 0 atom stereocenters. The molecular weight excluding hydrogens is 255 g/mol. The monoisotopic (exact) mass is 280 g/mol. The fourth-order valence-electron chi connectivity index (χ4n) is 1.50. The van der Waals surface area contributed by atoms with E-state index in [0.717, 1.165) is 18.6 Å². The average molecular weight is 280 g/mol. The molecule has 3 nitrogen and oxygen atoms in total. The van der Waals surface area contributed by atoms with Gasteiger partial charge in [-0.2, -0.15) is 0 Å². The Kier molecular flexibility index (Phi) is 5.38. The van der Waals surface area contributed by atoms with E-state index in [9.17, 15) is 0 Å². The highest BCUT2D eigenvalue weighted by Gasteiger charge is 2.36. The van der Waals surface area contributed by atoms with Crippen molar-refractivity contribution in [1.82, 2.24) is 0 Å². The molecule has 0 aromatic heterocycles. The molecule has 0 radical (unpaired) electrons. The standard InChI is InChI=1S/C14H25BO3Si/c1-14(2,3)19(4,5)18-11-10-12-6-8-13(9-7-12)15(16)17/h6-9,16-17H,10-11H2,1-5H3. The molecule has 1 aromatic carbocycles. The molecule has 2 N–H and O–H groups in total. The molecule has 0 spiro atoms. The van der Waals surface area contributed by atoms with Crippen molar-refractivity contribution < 1.29 is 14.5 Å². The summed E-state index contributed by atoms with van der Waals surface area (Å²) in [4.78, 5) is 0. The van der Waals surface area contributed by atoms with Crippen LogP contribution in [0.3, 0.4) is 0 Å². The summed E-state index contributed by atoms with van der Waals surface area (Å²) in [6.45, 7) is 11.9. The fraction of sp³-hybridized carbons (Fsp3) is 0.571. The van der Waals surface area contributed by atoms with Crippen LogP contribution in [0.5, 0.6) is 0 Å². The Morgan fingerprint density at radius 3 is 2.05 bits per heavy atom. The van der Waals surface area contributed by atoms with Crippen LogP contribution in [0, 0.1) is 0 Å². The predicted molar refractivity (Wildman–Crippen MR) is 83.1 cm³/mol. The largest absolute Gasteiger partial charge is 0.488 e. The van der Waals surface area contributed by atoms with Crippen LogP contribution in [0.1, 0.15) is 26.3 Å². The first kappa shape index (κ1) is 16.4. The minimum absolute atomic E-state index is 0.234. The van der Waals surface area contributed by atoms with Gasteiger partial charge >= 0.3 is 7.12 Å². The second-order valence-corrected chi connectivity index (χ2v) is 11.3. The zero-order chi connectivity index (χ0) is 14.7. The van der Waals surface area contributed by atoms with Crippen molar-refractivity contribution in [1.29, 1.82) is 0 Å². The Hall–Kier alpha value is -0.618. The van der Waals surface area contributed by atoms with Crippen LogP contribution < -0.4 is 5.46 Å². The van der Waals surface area contributed by atoms with Gasteiger partial charge in [0.2, 0.25) is 0 Å². The Morgan fingerprint density at radius 2 is 1.63 bits per heavy atom. The fourth-order valence-corrected chi connectivity index (χ4v) is 2.54. The quantitative estimate of drug-likeness (QED) is 0.810. The average Bonchev–Trinajstić information content (AvgIpc) is 2.28. The molecule has 0 aliphatic heterocycles. The lowest BCUT2D eigenvalue weighted by molar-refractivity contribution is 0.292. The van der Waals surface area contributed by atoms with E-state index in [4.69, 9.17) is 14.5 Å². The van der Waals surface area contributed by atoms with Crippen molar-refractivity contribution in [3.63, 3.8) is 0 Å². The summed E-state index contributed by atoms with van der Waals surface area (Å²) in [5, 5.41) is 18.3. The van der Waals surface area contributed by atoms with Gasteiger partial charge in [0, 0.05) is 6.61 Å². The Balaban J connectivity index is 2.50. The molecule has 0 saturated heterocycles. The molecule has 106 valence electrons. The molecule has 1 rings (SSSR count). The molecule has 19 heavy (non-hydrogen) atoms. The molecule has 0 aliphatic carbocycles. The molecule has 1 aromatic rings. The SMILES string of the molecule is CC(C)(C)[Si](C)(C)OCCc1ccc(B(O)O)cc1. The van der Waals surface area contributed by atoms with Gasteiger partial charge in [-0.05, 0) is 35.6 Å².